The summed E-state index contributed by atoms with van der Waals surface area (Å²) in [6, 6.07) is 12.5. The van der Waals surface area contributed by atoms with Gasteiger partial charge in [0, 0.05) is 30.9 Å². The maximum absolute atomic E-state index is 12.8. The number of nitrogens with zero attached hydrogens (tertiary/aromatic N) is 1. The number of carbonyl (C=O) groups is 2. The van der Waals surface area contributed by atoms with Crippen molar-refractivity contribution in [1.29, 1.82) is 0 Å². The smallest absolute Gasteiger partial charge is 0.256 e. The minimum atomic E-state index is -1.16. The third-order valence-electron chi connectivity index (χ3n) is 6.20. The molecule has 2 aromatic rings. The number of rotatable bonds is 11. The Morgan fingerprint density at radius 2 is 1.97 bits per heavy atom. The molecule has 1 heterocycles. The first kappa shape index (κ1) is 26.0. The van der Waals surface area contributed by atoms with Crippen LogP contribution in [0.1, 0.15) is 68.0 Å². The van der Waals surface area contributed by atoms with Gasteiger partial charge in [0.25, 0.3) is 5.91 Å². The van der Waals surface area contributed by atoms with Crippen molar-refractivity contribution in [3.05, 3.63) is 58.6 Å². The maximum atomic E-state index is 12.8. The highest BCUT2D eigenvalue weighted by Crippen LogP contribution is 2.27. The van der Waals surface area contributed by atoms with Crippen molar-refractivity contribution in [3.8, 4) is 5.75 Å². The number of likely N-dealkylation sites (tertiary alicyclic amines) is 1. The summed E-state index contributed by atoms with van der Waals surface area (Å²) < 4.78 is 5.68. The van der Waals surface area contributed by atoms with E-state index in [0.29, 0.717) is 40.9 Å². The zero-order chi connectivity index (χ0) is 24.5. The molecule has 184 valence electrons. The molecular weight excluding hydrogens is 452 g/mol. The minimum Gasteiger partial charge on any atom is -0.491 e. The Hall–Kier alpha value is -2.57. The van der Waals surface area contributed by atoms with Gasteiger partial charge in [-0.15, -0.1) is 0 Å². The van der Waals surface area contributed by atoms with Crippen LogP contribution in [0.3, 0.4) is 0 Å². The summed E-state index contributed by atoms with van der Waals surface area (Å²) in [6.07, 6.45) is 4.84. The van der Waals surface area contributed by atoms with Gasteiger partial charge in [0.2, 0.25) is 0 Å². The Labute approximate surface area is 207 Å². The SMILES string of the molecule is CC(C)Oc1cccc(C(O)C(=O)N2CCC(CCCCNc3ccc(C=O)c(Cl)c3)CC2)c1. The van der Waals surface area contributed by atoms with Gasteiger partial charge < -0.3 is 20.1 Å². The fourth-order valence-electron chi connectivity index (χ4n) is 4.31. The highest BCUT2D eigenvalue weighted by Gasteiger charge is 2.28. The van der Waals surface area contributed by atoms with Crippen LogP contribution in [-0.2, 0) is 4.79 Å². The molecule has 1 aliphatic heterocycles. The Bertz CT molecular complexity index is 957. The van der Waals surface area contributed by atoms with Gasteiger partial charge in [-0.05, 0) is 74.9 Å². The van der Waals surface area contributed by atoms with E-state index in [4.69, 9.17) is 16.3 Å². The molecule has 0 aliphatic carbocycles. The van der Waals surface area contributed by atoms with Crippen LogP contribution >= 0.6 is 11.6 Å². The lowest BCUT2D eigenvalue weighted by atomic mass is 9.91. The van der Waals surface area contributed by atoms with Crippen LogP contribution in [0.25, 0.3) is 0 Å². The molecule has 7 heteroatoms. The summed E-state index contributed by atoms with van der Waals surface area (Å²) in [6.45, 7) is 6.10. The first-order chi connectivity index (χ1) is 16.4. The number of piperidine rings is 1. The molecular formula is C27H35ClN2O4. The highest BCUT2D eigenvalue weighted by molar-refractivity contribution is 6.33. The number of hydrogen-bond donors (Lipinski definition) is 2. The third-order valence-corrected chi connectivity index (χ3v) is 6.53. The number of aldehydes is 1. The number of amides is 1. The highest BCUT2D eigenvalue weighted by atomic mass is 35.5. The number of unbranched alkanes of at least 4 members (excludes halogenated alkanes) is 1. The first-order valence-corrected chi connectivity index (χ1v) is 12.5. The molecule has 34 heavy (non-hydrogen) atoms. The second-order valence-electron chi connectivity index (χ2n) is 9.19. The maximum Gasteiger partial charge on any atom is 0.256 e. The van der Waals surface area contributed by atoms with Gasteiger partial charge in [0.1, 0.15) is 5.75 Å². The van der Waals surface area contributed by atoms with Gasteiger partial charge in [-0.1, -0.05) is 36.6 Å². The second-order valence-corrected chi connectivity index (χ2v) is 9.59. The van der Waals surface area contributed by atoms with E-state index in [1.165, 1.54) is 0 Å². The summed E-state index contributed by atoms with van der Waals surface area (Å²) in [7, 11) is 0. The molecule has 0 aromatic heterocycles. The van der Waals surface area contributed by atoms with Gasteiger partial charge in [-0.3, -0.25) is 9.59 Å². The zero-order valence-electron chi connectivity index (χ0n) is 20.0. The average Bonchev–Trinajstić information content (AvgIpc) is 2.83. The summed E-state index contributed by atoms with van der Waals surface area (Å²) >= 11 is 6.06. The van der Waals surface area contributed by atoms with E-state index in [9.17, 15) is 14.7 Å². The number of anilines is 1. The quantitative estimate of drug-likeness (QED) is 0.324. The normalized spacial score (nSPS) is 15.3. The molecule has 0 bridgehead atoms. The second kappa shape index (κ2) is 12.8. The Kier molecular flexibility index (Phi) is 9.78. The summed E-state index contributed by atoms with van der Waals surface area (Å²) in [5.74, 6) is 1.03. The molecule has 1 amide bonds. The number of ether oxygens (including phenoxy) is 1. The molecule has 2 aromatic carbocycles. The Morgan fingerprint density at radius 1 is 1.21 bits per heavy atom. The van der Waals surface area contributed by atoms with Gasteiger partial charge in [-0.25, -0.2) is 0 Å². The zero-order valence-corrected chi connectivity index (χ0v) is 20.8. The molecule has 3 rings (SSSR count). The standard InChI is InChI=1S/C27H35ClN2O4/c1-19(2)34-24-8-5-7-21(16-24)26(32)27(33)30-14-11-20(12-15-30)6-3-4-13-29-23-10-9-22(18-31)25(28)17-23/h5,7-10,16-20,26,29,32H,3-4,6,11-15H2,1-2H3. The van der Waals surface area contributed by atoms with Crippen molar-refractivity contribution in [2.75, 3.05) is 25.0 Å². The van der Waals surface area contributed by atoms with Crippen molar-refractivity contribution in [3.63, 3.8) is 0 Å². The Morgan fingerprint density at radius 3 is 2.65 bits per heavy atom. The van der Waals surface area contributed by atoms with E-state index in [0.717, 1.165) is 50.6 Å². The predicted molar refractivity (Wildman–Crippen MR) is 136 cm³/mol. The van der Waals surface area contributed by atoms with Crippen LogP contribution in [-0.4, -0.2) is 47.9 Å². The van der Waals surface area contributed by atoms with Crippen LogP contribution in [0.2, 0.25) is 5.02 Å². The number of hydrogen-bond acceptors (Lipinski definition) is 5. The van der Waals surface area contributed by atoms with Crippen LogP contribution in [0, 0.1) is 5.92 Å². The van der Waals surface area contributed by atoms with Crippen molar-refractivity contribution in [2.24, 2.45) is 5.92 Å². The molecule has 6 nitrogen and oxygen atoms in total. The summed E-state index contributed by atoms with van der Waals surface area (Å²) in [5.41, 5.74) is 1.99. The lowest BCUT2D eigenvalue weighted by Gasteiger charge is -2.33. The van der Waals surface area contributed by atoms with Crippen LogP contribution in [0.5, 0.6) is 5.75 Å². The fraction of sp³-hybridized carbons (Fsp3) is 0.481. The van der Waals surface area contributed by atoms with Gasteiger partial charge in [-0.2, -0.15) is 0 Å². The van der Waals surface area contributed by atoms with E-state index in [2.05, 4.69) is 5.32 Å². The molecule has 1 atom stereocenters. The van der Waals surface area contributed by atoms with Crippen molar-refractivity contribution in [2.45, 2.75) is 58.2 Å². The van der Waals surface area contributed by atoms with E-state index < -0.39 is 6.10 Å². The number of aliphatic hydroxyl groups excluding tert-OH is 1. The summed E-state index contributed by atoms with van der Waals surface area (Å²) in [5, 5.41) is 14.4. The molecule has 2 N–H and O–H groups in total. The average molecular weight is 487 g/mol. The Balaban J connectivity index is 1.36. The molecule has 1 saturated heterocycles. The van der Waals surface area contributed by atoms with Crippen molar-refractivity contribution >= 4 is 29.5 Å². The predicted octanol–water partition coefficient (Wildman–Crippen LogP) is 5.49. The van der Waals surface area contributed by atoms with E-state index in [1.807, 2.05) is 26.0 Å². The molecule has 1 aliphatic rings. The molecule has 1 unspecified atom stereocenters. The number of carbonyl (C=O) groups excluding carboxylic acids is 2. The third kappa shape index (κ3) is 7.47. The minimum absolute atomic E-state index is 0.0337. The largest absolute Gasteiger partial charge is 0.491 e. The molecule has 0 radical (unpaired) electrons. The van der Waals surface area contributed by atoms with Gasteiger partial charge >= 0.3 is 0 Å². The number of benzene rings is 2. The van der Waals surface area contributed by atoms with E-state index in [1.54, 1.807) is 35.2 Å². The van der Waals surface area contributed by atoms with Crippen molar-refractivity contribution in [1.82, 2.24) is 4.90 Å². The number of aliphatic hydroxyl groups is 1. The van der Waals surface area contributed by atoms with E-state index in [-0.39, 0.29) is 12.0 Å². The van der Waals surface area contributed by atoms with Gasteiger partial charge in [0.05, 0.1) is 11.1 Å². The topological polar surface area (TPSA) is 78.9 Å². The van der Waals surface area contributed by atoms with Gasteiger partial charge in [0.15, 0.2) is 12.4 Å². The van der Waals surface area contributed by atoms with Crippen LogP contribution in [0.15, 0.2) is 42.5 Å². The number of halogens is 1. The lowest BCUT2D eigenvalue weighted by molar-refractivity contribution is -0.142. The van der Waals surface area contributed by atoms with Crippen molar-refractivity contribution < 1.29 is 19.4 Å². The molecule has 1 fully saturated rings. The monoisotopic (exact) mass is 486 g/mol. The van der Waals surface area contributed by atoms with E-state index >= 15 is 0 Å². The van der Waals surface area contributed by atoms with Crippen LogP contribution < -0.4 is 10.1 Å². The fourth-order valence-corrected chi connectivity index (χ4v) is 4.54. The first-order valence-electron chi connectivity index (χ1n) is 12.1. The summed E-state index contributed by atoms with van der Waals surface area (Å²) in [4.78, 5) is 25.5. The van der Waals surface area contributed by atoms with Crippen LogP contribution in [0.4, 0.5) is 5.69 Å². The molecule has 0 saturated carbocycles. The molecule has 0 spiro atoms. The number of nitrogens with one attached hydrogen (secondary N) is 1. The lowest BCUT2D eigenvalue weighted by Crippen LogP contribution is -2.41.